The van der Waals surface area contributed by atoms with E-state index in [1.807, 2.05) is 6.07 Å². The molecule has 3 rings (SSSR count). The summed E-state index contributed by atoms with van der Waals surface area (Å²) in [6, 6.07) is 3.56. The molecule has 1 amide bonds. The molecule has 1 fully saturated rings. The highest BCUT2D eigenvalue weighted by Gasteiger charge is 2.35. The number of pyridine rings is 1. The first kappa shape index (κ1) is 10.4. The van der Waals surface area contributed by atoms with Gasteiger partial charge in [-0.15, -0.1) is 0 Å². The van der Waals surface area contributed by atoms with Crippen molar-refractivity contribution in [3.63, 3.8) is 0 Å². The standard InChI is InChI=1S/C12H15N3O2/c1-17-10-6-5-8-11(14-10)15-7-3-2-4-9(15)12(16)13-8/h5-6,9H,2-4,7H2,1H3,(H,13,16). The molecule has 1 aromatic rings. The maximum Gasteiger partial charge on any atom is 0.247 e. The second-order valence-electron chi connectivity index (χ2n) is 4.42. The average molecular weight is 233 g/mol. The summed E-state index contributed by atoms with van der Waals surface area (Å²) in [6.45, 7) is 0.894. The van der Waals surface area contributed by atoms with E-state index in [1.165, 1.54) is 0 Å². The second kappa shape index (κ2) is 3.91. The molecule has 1 saturated heterocycles. The number of methoxy groups -OCH3 is 1. The smallest absolute Gasteiger partial charge is 0.247 e. The zero-order valence-corrected chi connectivity index (χ0v) is 9.77. The Bertz CT molecular complexity index is 461. The van der Waals surface area contributed by atoms with Crippen LogP contribution >= 0.6 is 0 Å². The van der Waals surface area contributed by atoms with Gasteiger partial charge in [0.15, 0.2) is 5.82 Å². The topological polar surface area (TPSA) is 54.5 Å². The Labute approximate surface area is 99.8 Å². The molecule has 0 saturated carbocycles. The van der Waals surface area contributed by atoms with Crippen molar-refractivity contribution in [2.45, 2.75) is 25.3 Å². The summed E-state index contributed by atoms with van der Waals surface area (Å²) in [7, 11) is 1.60. The van der Waals surface area contributed by atoms with Crippen LogP contribution in [0.5, 0.6) is 5.88 Å². The average Bonchev–Trinajstić information content (AvgIpc) is 2.39. The van der Waals surface area contributed by atoms with Crippen molar-refractivity contribution in [2.24, 2.45) is 0 Å². The van der Waals surface area contributed by atoms with Gasteiger partial charge in [-0.2, -0.15) is 4.98 Å². The summed E-state index contributed by atoms with van der Waals surface area (Å²) >= 11 is 0. The highest BCUT2D eigenvalue weighted by Crippen LogP contribution is 2.35. The number of anilines is 2. The van der Waals surface area contributed by atoms with E-state index in [2.05, 4.69) is 15.2 Å². The first-order chi connectivity index (χ1) is 8.29. The number of carbonyl (C=O) groups is 1. The second-order valence-corrected chi connectivity index (χ2v) is 4.42. The van der Waals surface area contributed by atoms with Crippen molar-refractivity contribution in [2.75, 3.05) is 23.9 Å². The Morgan fingerprint density at radius 3 is 3.18 bits per heavy atom. The lowest BCUT2D eigenvalue weighted by atomic mass is 9.99. The highest BCUT2D eigenvalue weighted by molar-refractivity contribution is 6.02. The van der Waals surface area contributed by atoms with Crippen LogP contribution in [-0.4, -0.2) is 30.6 Å². The van der Waals surface area contributed by atoms with Gasteiger partial charge in [0.1, 0.15) is 6.04 Å². The van der Waals surface area contributed by atoms with Crippen LogP contribution in [-0.2, 0) is 4.79 Å². The van der Waals surface area contributed by atoms with Gasteiger partial charge in [-0.05, 0) is 25.3 Å². The van der Waals surface area contributed by atoms with Gasteiger partial charge in [0.2, 0.25) is 11.8 Å². The lowest BCUT2D eigenvalue weighted by Gasteiger charge is -2.39. The monoisotopic (exact) mass is 233 g/mol. The first-order valence-electron chi connectivity index (χ1n) is 5.92. The van der Waals surface area contributed by atoms with E-state index < -0.39 is 0 Å². The summed E-state index contributed by atoms with van der Waals surface area (Å²) in [5.41, 5.74) is 0.786. The highest BCUT2D eigenvalue weighted by atomic mass is 16.5. The molecule has 1 unspecified atom stereocenters. The van der Waals surface area contributed by atoms with Gasteiger partial charge in [-0.25, -0.2) is 0 Å². The third-order valence-electron chi connectivity index (χ3n) is 3.39. The molecule has 1 N–H and O–H groups in total. The number of fused-ring (bicyclic) bond motifs is 3. The maximum atomic E-state index is 11.9. The number of piperidine rings is 1. The molecule has 3 heterocycles. The lowest BCUT2D eigenvalue weighted by Crippen LogP contribution is -2.51. The summed E-state index contributed by atoms with van der Waals surface area (Å²) in [6.07, 6.45) is 3.13. The number of hydrogen-bond donors (Lipinski definition) is 1. The van der Waals surface area contributed by atoms with Gasteiger partial charge >= 0.3 is 0 Å². The van der Waals surface area contributed by atoms with Crippen molar-refractivity contribution in [3.05, 3.63) is 12.1 Å². The normalized spacial score (nSPS) is 22.5. The minimum atomic E-state index is -0.0594. The number of aromatic nitrogens is 1. The van der Waals surface area contributed by atoms with Crippen LogP contribution in [0, 0.1) is 0 Å². The fourth-order valence-electron chi connectivity index (χ4n) is 2.53. The largest absolute Gasteiger partial charge is 0.481 e. The molecule has 2 aliphatic heterocycles. The molecule has 2 aliphatic rings. The van der Waals surface area contributed by atoms with E-state index in [9.17, 15) is 4.79 Å². The van der Waals surface area contributed by atoms with E-state index >= 15 is 0 Å². The molecule has 0 radical (unpaired) electrons. The molecule has 5 heteroatoms. The van der Waals surface area contributed by atoms with Crippen molar-refractivity contribution < 1.29 is 9.53 Å². The van der Waals surface area contributed by atoms with Gasteiger partial charge < -0.3 is 15.0 Å². The number of nitrogens with one attached hydrogen (secondary N) is 1. The van der Waals surface area contributed by atoms with Crippen LogP contribution < -0.4 is 15.0 Å². The van der Waals surface area contributed by atoms with Crippen LogP contribution in [0.4, 0.5) is 11.5 Å². The zero-order chi connectivity index (χ0) is 11.8. The van der Waals surface area contributed by atoms with Crippen molar-refractivity contribution in [3.8, 4) is 5.88 Å². The molecule has 5 nitrogen and oxygen atoms in total. The lowest BCUT2D eigenvalue weighted by molar-refractivity contribution is -0.118. The number of nitrogens with zero attached hydrogens (tertiary/aromatic N) is 2. The van der Waals surface area contributed by atoms with E-state index in [0.717, 1.165) is 37.3 Å². The van der Waals surface area contributed by atoms with Crippen LogP contribution in [0.3, 0.4) is 0 Å². The molecule has 90 valence electrons. The molecule has 0 aliphatic carbocycles. The summed E-state index contributed by atoms with van der Waals surface area (Å²) in [5.74, 6) is 1.52. The number of carbonyl (C=O) groups excluding carboxylic acids is 1. The maximum absolute atomic E-state index is 11.9. The molecular weight excluding hydrogens is 218 g/mol. The van der Waals surface area contributed by atoms with E-state index in [-0.39, 0.29) is 11.9 Å². The predicted molar refractivity (Wildman–Crippen MR) is 64.4 cm³/mol. The Balaban J connectivity index is 2.04. The van der Waals surface area contributed by atoms with Crippen molar-refractivity contribution >= 4 is 17.4 Å². The fourth-order valence-corrected chi connectivity index (χ4v) is 2.53. The molecule has 17 heavy (non-hydrogen) atoms. The minimum Gasteiger partial charge on any atom is -0.481 e. The van der Waals surface area contributed by atoms with Crippen LogP contribution in [0.2, 0.25) is 0 Å². The molecule has 1 aromatic heterocycles. The molecule has 1 atom stereocenters. The Morgan fingerprint density at radius 2 is 2.35 bits per heavy atom. The Kier molecular flexibility index (Phi) is 2.39. The third-order valence-corrected chi connectivity index (χ3v) is 3.39. The first-order valence-corrected chi connectivity index (χ1v) is 5.92. The molecule has 0 bridgehead atoms. The number of hydrogen-bond acceptors (Lipinski definition) is 4. The van der Waals surface area contributed by atoms with Gasteiger partial charge in [0.05, 0.1) is 12.8 Å². The summed E-state index contributed by atoms with van der Waals surface area (Å²) in [5, 5.41) is 2.91. The third kappa shape index (κ3) is 1.62. The van der Waals surface area contributed by atoms with Crippen molar-refractivity contribution in [1.82, 2.24) is 4.98 Å². The number of ether oxygens (including phenoxy) is 1. The molecular formula is C12H15N3O2. The quantitative estimate of drug-likeness (QED) is 0.796. The summed E-state index contributed by atoms with van der Waals surface area (Å²) < 4.78 is 5.14. The van der Waals surface area contributed by atoms with Crippen molar-refractivity contribution in [1.29, 1.82) is 0 Å². The van der Waals surface area contributed by atoms with Crippen LogP contribution in [0.1, 0.15) is 19.3 Å². The SMILES string of the molecule is COc1ccc2c(n1)N1CCCCC1C(=O)N2. The molecule has 0 aromatic carbocycles. The zero-order valence-electron chi connectivity index (χ0n) is 9.77. The molecule has 0 spiro atoms. The number of amides is 1. The van der Waals surface area contributed by atoms with E-state index in [1.54, 1.807) is 13.2 Å². The minimum absolute atomic E-state index is 0.0594. The van der Waals surface area contributed by atoms with Gasteiger partial charge in [-0.1, -0.05) is 0 Å². The van der Waals surface area contributed by atoms with E-state index in [4.69, 9.17) is 4.74 Å². The van der Waals surface area contributed by atoms with Crippen LogP contribution in [0.15, 0.2) is 12.1 Å². The fraction of sp³-hybridized carbons (Fsp3) is 0.500. The van der Waals surface area contributed by atoms with Crippen LogP contribution in [0.25, 0.3) is 0 Å². The van der Waals surface area contributed by atoms with Gasteiger partial charge in [0.25, 0.3) is 0 Å². The Morgan fingerprint density at radius 1 is 1.47 bits per heavy atom. The van der Waals surface area contributed by atoms with Gasteiger partial charge in [0, 0.05) is 12.6 Å². The van der Waals surface area contributed by atoms with Gasteiger partial charge in [-0.3, -0.25) is 4.79 Å². The van der Waals surface area contributed by atoms with E-state index in [0.29, 0.717) is 5.88 Å². The predicted octanol–water partition coefficient (Wildman–Crippen LogP) is 1.40. The number of rotatable bonds is 1. The Hall–Kier alpha value is -1.78. The summed E-state index contributed by atoms with van der Waals surface area (Å²) in [4.78, 5) is 18.5.